The van der Waals surface area contributed by atoms with Crippen LogP contribution in [0, 0.1) is 5.82 Å². The SMILES string of the molecule is O=C(c1ccn(COc2cccc(C(F)(F)F)c2)n1)N1CCN(Cc2ccc(F)cc2Cl)CC1. The summed E-state index contributed by atoms with van der Waals surface area (Å²) in [5.74, 6) is -0.573. The molecule has 2 aromatic carbocycles. The summed E-state index contributed by atoms with van der Waals surface area (Å²) in [6, 6.07) is 10.4. The van der Waals surface area contributed by atoms with Crippen LogP contribution in [0.1, 0.15) is 21.6 Å². The third kappa shape index (κ3) is 5.87. The van der Waals surface area contributed by atoms with Gasteiger partial charge in [-0.15, -0.1) is 0 Å². The van der Waals surface area contributed by atoms with Crippen LogP contribution in [0.4, 0.5) is 17.6 Å². The van der Waals surface area contributed by atoms with Gasteiger partial charge in [0.25, 0.3) is 5.91 Å². The van der Waals surface area contributed by atoms with Crippen molar-refractivity contribution in [3.63, 3.8) is 0 Å². The Hall–Kier alpha value is -3.11. The maximum atomic E-state index is 13.2. The third-order valence-electron chi connectivity index (χ3n) is 5.45. The van der Waals surface area contributed by atoms with Crippen LogP contribution in [-0.4, -0.2) is 51.7 Å². The second kappa shape index (κ2) is 10.0. The average molecular weight is 497 g/mol. The zero-order valence-corrected chi connectivity index (χ0v) is 18.7. The van der Waals surface area contributed by atoms with E-state index in [0.29, 0.717) is 37.7 Å². The molecule has 0 saturated carbocycles. The second-order valence-electron chi connectivity index (χ2n) is 7.84. The quantitative estimate of drug-likeness (QED) is 0.465. The molecule has 180 valence electrons. The van der Waals surface area contributed by atoms with E-state index in [1.807, 2.05) is 0 Å². The molecule has 1 aliphatic heterocycles. The van der Waals surface area contributed by atoms with E-state index in [9.17, 15) is 22.4 Å². The largest absolute Gasteiger partial charge is 0.471 e. The lowest BCUT2D eigenvalue weighted by Gasteiger charge is -2.34. The van der Waals surface area contributed by atoms with E-state index in [1.165, 1.54) is 35.1 Å². The van der Waals surface area contributed by atoms with E-state index in [-0.39, 0.29) is 29.9 Å². The van der Waals surface area contributed by atoms with E-state index < -0.39 is 11.7 Å². The molecule has 0 N–H and O–H groups in total. The molecule has 34 heavy (non-hydrogen) atoms. The van der Waals surface area contributed by atoms with Crippen LogP contribution in [-0.2, 0) is 19.5 Å². The van der Waals surface area contributed by atoms with Crippen molar-refractivity contribution in [3.8, 4) is 5.75 Å². The van der Waals surface area contributed by atoms with Gasteiger partial charge in [-0.3, -0.25) is 9.69 Å². The Kier molecular flexibility index (Phi) is 7.08. The molecule has 11 heteroatoms. The van der Waals surface area contributed by atoms with Crippen LogP contribution < -0.4 is 4.74 Å². The zero-order valence-electron chi connectivity index (χ0n) is 17.9. The number of ether oxygens (including phenoxy) is 1. The molecular weight excluding hydrogens is 476 g/mol. The Morgan fingerprint density at radius 2 is 1.82 bits per heavy atom. The Balaban J connectivity index is 1.29. The smallest absolute Gasteiger partial charge is 0.416 e. The molecule has 0 unspecified atom stereocenters. The molecule has 4 rings (SSSR count). The molecule has 0 spiro atoms. The normalized spacial score (nSPS) is 14.9. The van der Waals surface area contributed by atoms with Gasteiger partial charge in [-0.25, -0.2) is 9.07 Å². The van der Waals surface area contributed by atoms with Crippen LogP contribution in [0.2, 0.25) is 5.02 Å². The van der Waals surface area contributed by atoms with Gasteiger partial charge in [0.2, 0.25) is 0 Å². The van der Waals surface area contributed by atoms with Crippen molar-refractivity contribution in [3.05, 3.63) is 82.4 Å². The standard InChI is InChI=1S/C23H21ClF4N4O2/c24-20-13-18(25)5-4-16(20)14-30-8-10-31(11-9-30)22(33)21-6-7-32(29-21)15-34-19-3-1-2-17(12-19)23(26,27)28/h1-7,12-13H,8-11,14-15H2. The highest BCUT2D eigenvalue weighted by atomic mass is 35.5. The van der Waals surface area contributed by atoms with Gasteiger partial charge in [-0.2, -0.15) is 18.3 Å². The lowest BCUT2D eigenvalue weighted by molar-refractivity contribution is -0.137. The minimum absolute atomic E-state index is 0.0515. The summed E-state index contributed by atoms with van der Waals surface area (Å²) < 4.78 is 58.4. The highest BCUT2D eigenvalue weighted by molar-refractivity contribution is 6.31. The third-order valence-corrected chi connectivity index (χ3v) is 5.81. The zero-order chi connectivity index (χ0) is 24.3. The fourth-order valence-corrected chi connectivity index (χ4v) is 3.84. The van der Waals surface area contributed by atoms with Gasteiger partial charge in [-0.1, -0.05) is 23.7 Å². The number of carbonyl (C=O) groups excluding carboxylic acids is 1. The summed E-state index contributed by atoms with van der Waals surface area (Å²) in [4.78, 5) is 16.6. The predicted octanol–water partition coefficient (Wildman–Crippen LogP) is 4.69. The number of amides is 1. The Morgan fingerprint density at radius 3 is 2.53 bits per heavy atom. The number of rotatable bonds is 6. The fourth-order valence-electron chi connectivity index (χ4n) is 3.61. The van der Waals surface area contributed by atoms with Crippen LogP contribution in [0.25, 0.3) is 0 Å². The number of piperazine rings is 1. The molecule has 6 nitrogen and oxygen atoms in total. The van der Waals surface area contributed by atoms with Crippen molar-refractivity contribution >= 4 is 17.5 Å². The lowest BCUT2D eigenvalue weighted by Crippen LogP contribution is -2.48. The minimum atomic E-state index is -4.46. The Labute approximate surface area is 198 Å². The molecular formula is C23H21ClF4N4O2. The van der Waals surface area contributed by atoms with Crippen molar-refractivity contribution in [1.82, 2.24) is 19.6 Å². The topological polar surface area (TPSA) is 50.6 Å². The first-order valence-electron chi connectivity index (χ1n) is 10.5. The van der Waals surface area contributed by atoms with E-state index in [2.05, 4.69) is 10.00 Å². The van der Waals surface area contributed by atoms with Gasteiger partial charge in [0.05, 0.1) is 5.56 Å². The molecule has 1 aromatic heterocycles. The van der Waals surface area contributed by atoms with Crippen molar-refractivity contribution in [1.29, 1.82) is 0 Å². The number of carbonyl (C=O) groups is 1. The number of alkyl halides is 3. The van der Waals surface area contributed by atoms with Crippen LogP contribution >= 0.6 is 11.6 Å². The minimum Gasteiger partial charge on any atom is -0.471 e. The van der Waals surface area contributed by atoms with E-state index >= 15 is 0 Å². The maximum absolute atomic E-state index is 13.2. The molecule has 0 bridgehead atoms. The average Bonchev–Trinajstić information content (AvgIpc) is 3.28. The van der Waals surface area contributed by atoms with Crippen molar-refractivity contribution in [2.45, 2.75) is 19.5 Å². The summed E-state index contributed by atoms with van der Waals surface area (Å²) in [5, 5.41) is 4.56. The molecule has 1 amide bonds. The van der Waals surface area contributed by atoms with Gasteiger partial charge >= 0.3 is 6.18 Å². The van der Waals surface area contributed by atoms with Gasteiger partial charge in [0.15, 0.2) is 12.4 Å². The van der Waals surface area contributed by atoms with Crippen LogP contribution in [0.3, 0.4) is 0 Å². The predicted molar refractivity (Wildman–Crippen MR) is 117 cm³/mol. The van der Waals surface area contributed by atoms with Crippen LogP contribution in [0.5, 0.6) is 5.75 Å². The number of nitrogens with zero attached hydrogens (tertiary/aromatic N) is 4. The summed E-state index contributed by atoms with van der Waals surface area (Å²) >= 11 is 6.10. The van der Waals surface area contributed by atoms with E-state index in [1.54, 1.807) is 17.0 Å². The maximum Gasteiger partial charge on any atom is 0.416 e. The van der Waals surface area contributed by atoms with Gasteiger partial charge < -0.3 is 9.64 Å². The van der Waals surface area contributed by atoms with Gasteiger partial charge in [-0.05, 0) is 42.0 Å². The van der Waals surface area contributed by atoms with E-state index in [0.717, 1.165) is 17.7 Å². The highest BCUT2D eigenvalue weighted by Crippen LogP contribution is 2.31. The molecule has 0 radical (unpaired) electrons. The Morgan fingerprint density at radius 1 is 1.06 bits per heavy atom. The number of benzene rings is 2. The van der Waals surface area contributed by atoms with E-state index in [4.69, 9.17) is 16.3 Å². The molecule has 0 aliphatic carbocycles. The number of aromatic nitrogens is 2. The number of halogens is 5. The summed E-state index contributed by atoms with van der Waals surface area (Å²) in [6.07, 6.45) is -2.92. The molecule has 2 heterocycles. The van der Waals surface area contributed by atoms with Crippen molar-refractivity contribution in [2.24, 2.45) is 0 Å². The first-order chi connectivity index (χ1) is 16.2. The molecule has 1 aliphatic rings. The fraction of sp³-hybridized carbons (Fsp3) is 0.304. The van der Waals surface area contributed by atoms with Crippen molar-refractivity contribution < 1.29 is 27.1 Å². The summed E-state index contributed by atoms with van der Waals surface area (Å²) in [5.41, 5.74) is 0.243. The van der Waals surface area contributed by atoms with Gasteiger partial charge in [0, 0.05) is 43.9 Å². The highest BCUT2D eigenvalue weighted by Gasteiger charge is 2.30. The summed E-state index contributed by atoms with van der Waals surface area (Å²) in [6.45, 7) is 2.65. The lowest BCUT2D eigenvalue weighted by atomic mass is 10.2. The van der Waals surface area contributed by atoms with Gasteiger partial charge in [0.1, 0.15) is 11.6 Å². The molecule has 1 fully saturated rings. The second-order valence-corrected chi connectivity index (χ2v) is 8.25. The number of hydrogen-bond acceptors (Lipinski definition) is 4. The monoisotopic (exact) mass is 496 g/mol. The first-order valence-corrected chi connectivity index (χ1v) is 10.9. The van der Waals surface area contributed by atoms with Crippen LogP contribution in [0.15, 0.2) is 54.7 Å². The molecule has 0 atom stereocenters. The molecule has 1 saturated heterocycles. The first kappa shape index (κ1) is 24.0. The summed E-state index contributed by atoms with van der Waals surface area (Å²) in [7, 11) is 0. The Bertz CT molecular complexity index is 1160. The van der Waals surface area contributed by atoms with Crippen molar-refractivity contribution in [2.75, 3.05) is 26.2 Å². The molecule has 3 aromatic rings. The number of hydrogen-bond donors (Lipinski definition) is 0.